The zero-order chi connectivity index (χ0) is 11.9. The fourth-order valence-electron chi connectivity index (χ4n) is 2.40. The zero-order valence-electron chi connectivity index (χ0n) is 9.47. The molecule has 1 aliphatic carbocycles. The molecule has 0 saturated heterocycles. The average molecular weight is 240 g/mol. The molecule has 0 saturated carbocycles. The van der Waals surface area contributed by atoms with Crippen molar-refractivity contribution in [3.8, 4) is 0 Å². The molecule has 1 aromatic carbocycles. The van der Waals surface area contributed by atoms with E-state index in [0.29, 0.717) is 11.8 Å². The SMILES string of the molecule is CC1CCC(C)c2cc(S(=O)(=O)O)ccc21. The van der Waals surface area contributed by atoms with Crippen molar-refractivity contribution in [1.82, 2.24) is 0 Å². The summed E-state index contributed by atoms with van der Waals surface area (Å²) in [6, 6.07) is 4.94. The normalized spacial score (nSPS) is 25.2. The molecule has 4 heteroatoms. The molecule has 2 rings (SSSR count). The molecule has 0 aromatic heterocycles. The Morgan fingerprint density at radius 2 is 1.69 bits per heavy atom. The first kappa shape index (κ1) is 11.6. The molecule has 0 spiro atoms. The summed E-state index contributed by atoms with van der Waals surface area (Å²) in [5.74, 6) is 0.842. The number of fused-ring (bicyclic) bond motifs is 1. The van der Waals surface area contributed by atoms with Crippen molar-refractivity contribution in [2.24, 2.45) is 0 Å². The van der Waals surface area contributed by atoms with Crippen molar-refractivity contribution in [3.05, 3.63) is 29.3 Å². The van der Waals surface area contributed by atoms with Crippen LogP contribution in [-0.4, -0.2) is 13.0 Å². The van der Waals surface area contributed by atoms with Gasteiger partial charge in [-0.3, -0.25) is 4.55 Å². The van der Waals surface area contributed by atoms with Gasteiger partial charge in [-0.05, 0) is 47.9 Å². The van der Waals surface area contributed by atoms with Crippen LogP contribution in [0.4, 0.5) is 0 Å². The monoisotopic (exact) mass is 240 g/mol. The van der Waals surface area contributed by atoms with Gasteiger partial charge in [0, 0.05) is 0 Å². The van der Waals surface area contributed by atoms with E-state index < -0.39 is 10.1 Å². The van der Waals surface area contributed by atoms with Crippen LogP contribution in [0.1, 0.15) is 49.7 Å². The van der Waals surface area contributed by atoms with Gasteiger partial charge in [-0.2, -0.15) is 8.42 Å². The summed E-state index contributed by atoms with van der Waals surface area (Å²) in [7, 11) is -4.08. The van der Waals surface area contributed by atoms with Gasteiger partial charge in [-0.1, -0.05) is 19.9 Å². The Bertz CT molecular complexity index is 505. The zero-order valence-corrected chi connectivity index (χ0v) is 10.3. The molecule has 2 unspecified atom stereocenters. The topological polar surface area (TPSA) is 54.4 Å². The largest absolute Gasteiger partial charge is 0.294 e. The predicted octanol–water partition coefficient (Wildman–Crippen LogP) is 2.93. The van der Waals surface area contributed by atoms with Gasteiger partial charge in [-0.25, -0.2) is 0 Å². The average Bonchev–Trinajstić information content (AvgIpc) is 2.22. The van der Waals surface area contributed by atoms with Crippen molar-refractivity contribution in [2.45, 2.75) is 43.4 Å². The van der Waals surface area contributed by atoms with Crippen LogP contribution in [-0.2, 0) is 10.1 Å². The molecule has 0 amide bonds. The lowest BCUT2D eigenvalue weighted by Crippen LogP contribution is -2.12. The fourth-order valence-corrected chi connectivity index (χ4v) is 2.92. The molecule has 0 bridgehead atoms. The minimum atomic E-state index is -4.08. The van der Waals surface area contributed by atoms with Crippen LogP contribution in [0.3, 0.4) is 0 Å². The highest BCUT2D eigenvalue weighted by molar-refractivity contribution is 7.85. The Morgan fingerprint density at radius 1 is 1.12 bits per heavy atom. The summed E-state index contributed by atoms with van der Waals surface area (Å²) in [4.78, 5) is 0.00667. The van der Waals surface area contributed by atoms with Gasteiger partial charge in [0.25, 0.3) is 10.1 Å². The molecule has 1 aliphatic rings. The van der Waals surface area contributed by atoms with Gasteiger partial charge in [0.05, 0.1) is 4.90 Å². The van der Waals surface area contributed by atoms with E-state index in [1.165, 1.54) is 11.6 Å². The first-order valence-electron chi connectivity index (χ1n) is 5.51. The van der Waals surface area contributed by atoms with Crippen LogP contribution < -0.4 is 0 Å². The lowest BCUT2D eigenvalue weighted by Gasteiger charge is -2.27. The molecular weight excluding hydrogens is 224 g/mol. The molecule has 1 aromatic rings. The van der Waals surface area contributed by atoms with Crippen molar-refractivity contribution >= 4 is 10.1 Å². The van der Waals surface area contributed by atoms with Gasteiger partial charge in [0.2, 0.25) is 0 Å². The van der Waals surface area contributed by atoms with Crippen molar-refractivity contribution in [1.29, 1.82) is 0 Å². The van der Waals surface area contributed by atoms with E-state index in [2.05, 4.69) is 13.8 Å². The van der Waals surface area contributed by atoms with Crippen LogP contribution in [0.5, 0.6) is 0 Å². The van der Waals surface area contributed by atoms with Gasteiger partial charge in [-0.15, -0.1) is 0 Å². The molecule has 2 atom stereocenters. The van der Waals surface area contributed by atoms with E-state index in [-0.39, 0.29) is 4.90 Å². The third-order valence-electron chi connectivity index (χ3n) is 3.45. The Hall–Kier alpha value is -0.870. The van der Waals surface area contributed by atoms with E-state index >= 15 is 0 Å². The molecule has 0 heterocycles. The molecule has 0 fully saturated rings. The summed E-state index contributed by atoms with van der Waals surface area (Å²) in [5.41, 5.74) is 2.28. The summed E-state index contributed by atoms with van der Waals surface area (Å²) >= 11 is 0. The lowest BCUT2D eigenvalue weighted by molar-refractivity contribution is 0.481. The molecule has 1 N–H and O–H groups in total. The van der Waals surface area contributed by atoms with Crippen molar-refractivity contribution in [3.63, 3.8) is 0 Å². The fraction of sp³-hybridized carbons (Fsp3) is 0.500. The number of rotatable bonds is 1. The first-order valence-corrected chi connectivity index (χ1v) is 6.95. The van der Waals surface area contributed by atoms with Crippen molar-refractivity contribution in [2.75, 3.05) is 0 Å². The summed E-state index contributed by atoms with van der Waals surface area (Å²) in [6.07, 6.45) is 2.21. The van der Waals surface area contributed by atoms with Crippen LogP contribution in [0.25, 0.3) is 0 Å². The van der Waals surface area contributed by atoms with E-state index in [0.717, 1.165) is 18.4 Å². The second-order valence-corrected chi connectivity index (χ2v) is 6.07. The Kier molecular flexibility index (Phi) is 2.80. The second kappa shape index (κ2) is 3.86. The van der Waals surface area contributed by atoms with Gasteiger partial charge in [0.15, 0.2) is 0 Å². The smallest absolute Gasteiger partial charge is 0.282 e. The Labute approximate surface area is 96.2 Å². The maximum Gasteiger partial charge on any atom is 0.294 e. The van der Waals surface area contributed by atoms with Crippen LogP contribution in [0, 0.1) is 0 Å². The molecule has 88 valence electrons. The van der Waals surface area contributed by atoms with E-state index in [1.54, 1.807) is 6.07 Å². The minimum Gasteiger partial charge on any atom is -0.282 e. The van der Waals surface area contributed by atoms with E-state index in [1.807, 2.05) is 6.07 Å². The molecular formula is C12H16O3S. The number of hydrogen-bond acceptors (Lipinski definition) is 2. The number of hydrogen-bond donors (Lipinski definition) is 1. The lowest BCUT2D eigenvalue weighted by atomic mass is 9.78. The number of benzene rings is 1. The summed E-state index contributed by atoms with van der Waals surface area (Å²) < 4.78 is 31.1. The maximum atomic E-state index is 11.1. The standard InChI is InChI=1S/C12H16O3S/c1-8-3-4-9(2)12-7-10(16(13,14)15)5-6-11(8)12/h5-9H,3-4H2,1-2H3,(H,13,14,15). The third kappa shape index (κ3) is 1.99. The second-order valence-electron chi connectivity index (χ2n) is 4.65. The molecule has 0 aliphatic heterocycles. The molecule has 16 heavy (non-hydrogen) atoms. The molecule has 3 nitrogen and oxygen atoms in total. The van der Waals surface area contributed by atoms with Crippen LogP contribution in [0.15, 0.2) is 23.1 Å². The first-order chi connectivity index (χ1) is 7.39. The highest BCUT2D eigenvalue weighted by Crippen LogP contribution is 2.39. The van der Waals surface area contributed by atoms with E-state index in [9.17, 15) is 8.42 Å². The van der Waals surface area contributed by atoms with E-state index in [4.69, 9.17) is 4.55 Å². The minimum absolute atomic E-state index is 0.00667. The summed E-state index contributed by atoms with van der Waals surface area (Å²) in [6.45, 7) is 4.25. The predicted molar refractivity (Wildman–Crippen MR) is 62.3 cm³/mol. The summed E-state index contributed by atoms with van der Waals surface area (Å²) in [5, 5.41) is 0. The van der Waals surface area contributed by atoms with Gasteiger partial charge >= 0.3 is 0 Å². The van der Waals surface area contributed by atoms with Gasteiger partial charge < -0.3 is 0 Å². The maximum absolute atomic E-state index is 11.1. The third-order valence-corrected chi connectivity index (χ3v) is 4.30. The quantitative estimate of drug-likeness (QED) is 0.768. The van der Waals surface area contributed by atoms with Crippen LogP contribution >= 0.6 is 0 Å². The van der Waals surface area contributed by atoms with Crippen LogP contribution in [0.2, 0.25) is 0 Å². The molecule has 0 radical (unpaired) electrons. The highest BCUT2D eigenvalue weighted by Gasteiger charge is 2.23. The Balaban J connectivity index is 2.57. The van der Waals surface area contributed by atoms with Crippen molar-refractivity contribution < 1.29 is 13.0 Å². The van der Waals surface area contributed by atoms with Gasteiger partial charge in [0.1, 0.15) is 0 Å². The Morgan fingerprint density at radius 3 is 2.25 bits per heavy atom. The highest BCUT2D eigenvalue weighted by atomic mass is 32.2.